The van der Waals surface area contributed by atoms with E-state index in [4.69, 9.17) is 16.3 Å². The molecule has 1 fully saturated rings. The molecular weight excluding hydrogens is 432 g/mol. The fourth-order valence-electron chi connectivity index (χ4n) is 3.36. The molecule has 31 heavy (non-hydrogen) atoms. The fraction of sp³-hybridized carbons (Fsp3) is 0.167. The minimum absolute atomic E-state index is 0.0688. The molecule has 0 unspecified atom stereocenters. The molecule has 1 saturated heterocycles. The van der Waals surface area contributed by atoms with Crippen LogP contribution in [0.15, 0.2) is 72.8 Å². The van der Waals surface area contributed by atoms with Crippen molar-refractivity contribution in [3.63, 3.8) is 0 Å². The Morgan fingerprint density at radius 2 is 1.74 bits per heavy atom. The van der Waals surface area contributed by atoms with Crippen molar-refractivity contribution in [2.45, 2.75) is 12.3 Å². The number of ether oxygens (including phenoxy) is 1. The van der Waals surface area contributed by atoms with Crippen LogP contribution in [0.4, 0.5) is 11.4 Å². The summed E-state index contributed by atoms with van der Waals surface area (Å²) in [5.41, 5.74) is 3.05. The standard InChI is InChI=1S/C24H21ClN2O3S/c1-2-30-21-13-11-20(12-14-21)27-22(28)15-31-24(27)17-5-9-19(10-6-17)26-23(29)16-3-7-18(25)8-4-16/h3-14,24H,2,15H2,1H3,(H,26,29)/t24-/m0/s1. The first-order valence-corrected chi connectivity index (χ1v) is 11.3. The number of anilines is 2. The SMILES string of the molecule is CCOc1ccc(N2C(=O)CS[C@H]2c2ccc(NC(=O)c3ccc(Cl)cc3)cc2)cc1. The number of carbonyl (C=O) groups excluding carboxylic acids is 2. The molecule has 1 heterocycles. The number of halogens is 1. The van der Waals surface area contributed by atoms with Gasteiger partial charge in [-0.25, -0.2) is 0 Å². The monoisotopic (exact) mass is 452 g/mol. The van der Waals surface area contributed by atoms with Crippen LogP contribution in [0.3, 0.4) is 0 Å². The zero-order valence-corrected chi connectivity index (χ0v) is 18.5. The van der Waals surface area contributed by atoms with Crippen molar-refractivity contribution in [3.8, 4) is 5.75 Å². The molecule has 3 aromatic rings. The first-order valence-electron chi connectivity index (χ1n) is 9.88. The van der Waals surface area contributed by atoms with Crippen LogP contribution in [0.1, 0.15) is 28.2 Å². The Morgan fingerprint density at radius 3 is 2.39 bits per heavy atom. The molecule has 0 aromatic heterocycles. The second-order valence-corrected chi connectivity index (χ2v) is 8.44. The van der Waals surface area contributed by atoms with Crippen LogP contribution in [0.25, 0.3) is 0 Å². The number of benzene rings is 3. The molecule has 1 aliphatic rings. The summed E-state index contributed by atoms with van der Waals surface area (Å²) in [4.78, 5) is 26.8. The van der Waals surface area contributed by atoms with E-state index in [1.807, 2.05) is 60.4 Å². The lowest BCUT2D eigenvalue weighted by Gasteiger charge is -2.24. The van der Waals surface area contributed by atoms with Gasteiger partial charge in [-0.1, -0.05) is 23.7 Å². The summed E-state index contributed by atoms with van der Waals surface area (Å²) in [6.07, 6.45) is 0. The molecular formula is C24H21ClN2O3S. The van der Waals surface area contributed by atoms with Gasteiger partial charge < -0.3 is 10.1 Å². The van der Waals surface area contributed by atoms with Crippen molar-refractivity contribution in [3.05, 3.63) is 88.9 Å². The lowest BCUT2D eigenvalue weighted by Crippen LogP contribution is -2.27. The second-order valence-electron chi connectivity index (χ2n) is 6.94. The van der Waals surface area contributed by atoms with Crippen LogP contribution in [-0.4, -0.2) is 24.2 Å². The van der Waals surface area contributed by atoms with Crippen molar-refractivity contribution in [1.29, 1.82) is 0 Å². The Kier molecular flexibility index (Phi) is 6.49. The summed E-state index contributed by atoms with van der Waals surface area (Å²) < 4.78 is 5.49. The zero-order valence-electron chi connectivity index (χ0n) is 16.9. The third-order valence-corrected chi connectivity index (χ3v) is 6.32. The maximum Gasteiger partial charge on any atom is 0.255 e. The van der Waals surface area contributed by atoms with E-state index in [0.29, 0.717) is 28.6 Å². The number of carbonyl (C=O) groups is 2. The number of hydrogen-bond donors (Lipinski definition) is 1. The number of nitrogens with zero attached hydrogens (tertiary/aromatic N) is 1. The number of rotatable bonds is 6. The Balaban J connectivity index is 1.48. The number of amides is 2. The van der Waals surface area contributed by atoms with Crippen LogP contribution in [-0.2, 0) is 4.79 Å². The van der Waals surface area contributed by atoms with E-state index < -0.39 is 0 Å². The molecule has 1 atom stereocenters. The van der Waals surface area contributed by atoms with E-state index in [1.54, 1.807) is 36.0 Å². The highest BCUT2D eigenvalue weighted by Gasteiger charge is 2.34. The average Bonchev–Trinajstić information content (AvgIpc) is 3.17. The van der Waals surface area contributed by atoms with E-state index in [0.717, 1.165) is 17.0 Å². The van der Waals surface area contributed by atoms with Crippen LogP contribution in [0.5, 0.6) is 5.75 Å². The highest BCUT2D eigenvalue weighted by Crippen LogP contribution is 2.42. The molecule has 4 rings (SSSR count). The van der Waals surface area contributed by atoms with Crippen molar-refractivity contribution in [2.24, 2.45) is 0 Å². The zero-order chi connectivity index (χ0) is 21.8. The molecule has 1 N–H and O–H groups in total. The first-order chi connectivity index (χ1) is 15.0. The normalized spacial score (nSPS) is 15.7. The van der Waals surface area contributed by atoms with Crippen LogP contribution < -0.4 is 15.0 Å². The molecule has 0 bridgehead atoms. The Morgan fingerprint density at radius 1 is 1.06 bits per heavy atom. The van der Waals surface area contributed by atoms with Crippen LogP contribution in [0.2, 0.25) is 5.02 Å². The van der Waals surface area contributed by atoms with Crippen molar-refractivity contribution in [1.82, 2.24) is 0 Å². The fourth-order valence-corrected chi connectivity index (χ4v) is 4.66. The van der Waals surface area contributed by atoms with E-state index in [2.05, 4.69) is 5.32 Å². The Labute approximate surface area is 190 Å². The van der Waals surface area contributed by atoms with Gasteiger partial charge in [-0.2, -0.15) is 0 Å². The van der Waals surface area contributed by atoms with Crippen molar-refractivity contribution in [2.75, 3.05) is 22.6 Å². The number of hydrogen-bond acceptors (Lipinski definition) is 4. The smallest absolute Gasteiger partial charge is 0.255 e. The summed E-state index contributed by atoms with van der Waals surface area (Å²) in [5.74, 6) is 1.07. The summed E-state index contributed by atoms with van der Waals surface area (Å²) >= 11 is 7.46. The summed E-state index contributed by atoms with van der Waals surface area (Å²) in [5, 5.41) is 3.35. The van der Waals surface area contributed by atoms with Gasteiger partial charge in [0, 0.05) is 22.0 Å². The maximum atomic E-state index is 12.6. The average molecular weight is 453 g/mol. The minimum atomic E-state index is -0.203. The summed E-state index contributed by atoms with van der Waals surface area (Å²) in [7, 11) is 0. The largest absolute Gasteiger partial charge is 0.494 e. The number of nitrogens with one attached hydrogen (secondary N) is 1. The summed E-state index contributed by atoms with van der Waals surface area (Å²) in [6.45, 7) is 2.54. The molecule has 7 heteroatoms. The molecule has 0 spiro atoms. The molecule has 1 aliphatic heterocycles. The lowest BCUT2D eigenvalue weighted by molar-refractivity contribution is -0.115. The van der Waals surface area contributed by atoms with Crippen molar-refractivity contribution < 1.29 is 14.3 Å². The Bertz CT molecular complexity index is 1070. The van der Waals surface area contributed by atoms with Gasteiger partial charge in [0.05, 0.1) is 12.4 Å². The van der Waals surface area contributed by atoms with Gasteiger partial charge in [0.25, 0.3) is 5.91 Å². The van der Waals surface area contributed by atoms with Gasteiger partial charge >= 0.3 is 0 Å². The molecule has 5 nitrogen and oxygen atoms in total. The quantitative estimate of drug-likeness (QED) is 0.515. The van der Waals surface area contributed by atoms with Crippen molar-refractivity contribution >= 4 is 46.6 Å². The molecule has 0 saturated carbocycles. The van der Waals surface area contributed by atoms with E-state index in [9.17, 15) is 9.59 Å². The predicted octanol–water partition coefficient (Wildman–Crippen LogP) is 5.77. The lowest BCUT2D eigenvalue weighted by atomic mass is 10.1. The van der Waals surface area contributed by atoms with Gasteiger partial charge in [-0.3, -0.25) is 14.5 Å². The Hall–Kier alpha value is -2.96. The molecule has 3 aromatic carbocycles. The predicted molar refractivity (Wildman–Crippen MR) is 126 cm³/mol. The molecule has 2 amide bonds. The van der Waals surface area contributed by atoms with Crippen LogP contribution >= 0.6 is 23.4 Å². The van der Waals surface area contributed by atoms with Crippen LogP contribution in [0, 0.1) is 0 Å². The highest BCUT2D eigenvalue weighted by atomic mass is 35.5. The minimum Gasteiger partial charge on any atom is -0.494 e. The van der Waals surface area contributed by atoms with Gasteiger partial charge in [-0.15, -0.1) is 11.8 Å². The number of thioether (sulfide) groups is 1. The van der Waals surface area contributed by atoms with E-state index >= 15 is 0 Å². The third-order valence-electron chi connectivity index (χ3n) is 4.85. The molecule has 158 valence electrons. The first kappa shape index (κ1) is 21.3. The van der Waals surface area contributed by atoms with Gasteiger partial charge in [0.2, 0.25) is 5.91 Å². The van der Waals surface area contributed by atoms with Gasteiger partial charge in [-0.05, 0) is 73.2 Å². The van der Waals surface area contributed by atoms with E-state index in [-0.39, 0.29) is 17.2 Å². The molecule has 0 radical (unpaired) electrons. The van der Waals surface area contributed by atoms with Gasteiger partial charge in [0.1, 0.15) is 11.1 Å². The second kappa shape index (κ2) is 9.45. The van der Waals surface area contributed by atoms with E-state index in [1.165, 1.54) is 0 Å². The summed E-state index contributed by atoms with van der Waals surface area (Å²) in [6, 6.07) is 21.9. The maximum absolute atomic E-state index is 12.6. The third kappa shape index (κ3) is 4.86. The highest BCUT2D eigenvalue weighted by molar-refractivity contribution is 8.00. The topological polar surface area (TPSA) is 58.6 Å². The van der Waals surface area contributed by atoms with Gasteiger partial charge in [0.15, 0.2) is 0 Å². The molecule has 0 aliphatic carbocycles.